The highest BCUT2D eigenvalue weighted by Crippen LogP contribution is 2.26. The maximum atomic E-state index is 14.6. The smallest absolute Gasteiger partial charge is 0.255 e. The van der Waals surface area contributed by atoms with Gasteiger partial charge in [0.1, 0.15) is 17.8 Å². The topological polar surface area (TPSA) is 166 Å². The first-order chi connectivity index (χ1) is 20.7. The summed E-state index contributed by atoms with van der Waals surface area (Å²) in [6.45, 7) is 2.64. The third-order valence-electron chi connectivity index (χ3n) is 7.69. The zero-order chi connectivity index (χ0) is 32.5. The van der Waals surface area contributed by atoms with Gasteiger partial charge < -0.3 is 36.2 Å². The van der Waals surface area contributed by atoms with Gasteiger partial charge in [-0.2, -0.15) is 0 Å². The molecule has 2 aromatic rings. The lowest BCUT2D eigenvalue weighted by atomic mass is 9.89. The number of aliphatic hydroxyl groups excluding tert-OH is 1. The van der Waals surface area contributed by atoms with Crippen LogP contribution in [0.3, 0.4) is 0 Å². The van der Waals surface area contributed by atoms with E-state index in [0.29, 0.717) is 0 Å². The van der Waals surface area contributed by atoms with E-state index in [0.717, 1.165) is 6.92 Å². The van der Waals surface area contributed by atoms with Gasteiger partial charge in [-0.3, -0.25) is 19.2 Å². The van der Waals surface area contributed by atoms with Gasteiger partial charge >= 0.3 is 0 Å². The van der Waals surface area contributed by atoms with Gasteiger partial charge in [-0.05, 0) is 19.1 Å². The normalized spacial score (nSPS) is 26.8. The van der Waals surface area contributed by atoms with Gasteiger partial charge in [0.05, 0.1) is 42.9 Å². The second-order valence-corrected chi connectivity index (χ2v) is 10.7. The Morgan fingerprint density at radius 2 is 1.48 bits per heavy atom. The van der Waals surface area contributed by atoms with Crippen molar-refractivity contribution in [3.8, 4) is 5.75 Å². The highest BCUT2D eigenvalue weighted by molar-refractivity contribution is 6.00. The summed E-state index contributed by atoms with van der Waals surface area (Å²) in [7, 11) is 0. The largest absolute Gasteiger partial charge is 0.507 e. The highest BCUT2D eigenvalue weighted by atomic mass is 19.2. The number of rotatable bonds is 5. The van der Waals surface area contributed by atoms with E-state index in [1.807, 2.05) is 0 Å². The number of aromatic hydroxyl groups is 1. The van der Waals surface area contributed by atoms with Crippen molar-refractivity contribution in [3.05, 3.63) is 64.5 Å². The average molecular weight is 629 g/mol. The molecule has 0 radical (unpaired) electrons. The molecule has 0 saturated carbocycles. The standard InChI is InChI=1S/C28H29F5N4O7/c1-10-24(39)15(7-14-17(29)19(31)21(33)20(32)18(14)30)35-27(42)22(36-26(41)13-5-3-4-6-16(13)38)11(2)34-28(43)23(37-25(10)40)12-8-44-9-12/h3-6,10-12,15,22-24,38-39H,7-9H2,1-2H3,(H,34,43)(H,35,42)(H,36,41)(H,37,40)/t10-,11-,15+,22+,23?,24+/m1/s1. The number of phenols is 1. The third-order valence-corrected chi connectivity index (χ3v) is 7.69. The van der Waals surface area contributed by atoms with Crippen molar-refractivity contribution in [2.45, 2.75) is 50.5 Å². The fraction of sp³-hybridized carbons (Fsp3) is 0.429. The Bertz CT molecular complexity index is 1450. The number of hydrogen-bond acceptors (Lipinski definition) is 7. The second kappa shape index (κ2) is 13.1. The summed E-state index contributed by atoms with van der Waals surface area (Å²) < 4.78 is 76.0. The van der Waals surface area contributed by atoms with Crippen molar-refractivity contribution < 1.29 is 56.1 Å². The maximum absolute atomic E-state index is 14.6. The van der Waals surface area contributed by atoms with E-state index in [1.54, 1.807) is 0 Å². The highest BCUT2D eigenvalue weighted by Gasteiger charge is 2.42. The molecule has 2 fully saturated rings. The minimum Gasteiger partial charge on any atom is -0.507 e. The monoisotopic (exact) mass is 628 g/mol. The number of benzene rings is 2. The predicted molar refractivity (Wildman–Crippen MR) is 140 cm³/mol. The SMILES string of the molecule is C[C@H]1NC(=O)C(C2COC2)NC(=O)[C@H](C)[C@H](O)[C@H](Cc2c(F)c(F)c(F)c(F)c2F)NC(=O)[C@H]1NC(=O)c1ccccc1O. The van der Waals surface area contributed by atoms with Gasteiger partial charge in [0.15, 0.2) is 23.3 Å². The molecule has 0 aliphatic carbocycles. The van der Waals surface area contributed by atoms with Gasteiger partial charge in [-0.15, -0.1) is 0 Å². The second-order valence-electron chi connectivity index (χ2n) is 10.7. The van der Waals surface area contributed by atoms with E-state index in [1.165, 1.54) is 31.2 Å². The van der Waals surface area contributed by atoms with Gasteiger partial charge in [0, 0.05) is 17.9 Å². The summed E-state index contributed by atoms with van der Waals surface area (Å²) in [5, 5.41) is 30.8. The van der Waals surface area contributed by atoms with Crippen LogP contribution in [0, 0.1) is 40.9 Å². The van der Waals surface area contributed by atoms with Crippen LogP contribution in [0.25, 0.3) is 0 Å². The summed E-state index contributed by atoms with van der Waals surface area (Å²) in [4.78, 5) is 53.0. The number of carbonyl (C=O) groups excluding carboxylic acids is 4. The molecule has 11 nitrogen and oxygen atoms in total. The molecule has 2 saturated heterocycles. The van der Waals surface area contributed by atoms with Crippen molar-refractivity contribution in [2.24, 2.45) is 11.8 Å². The molecule has 16 heteroatoms. The number of hydrogen-bond donors (Lipinski definition) is 6. The van der Waals surface area contributed by atoms with Crippen LogP contribution in [-0.4, -0.2) is 77.3 Å². The summed E-state index contributed by atoms with van der Waals surface area (Å²) in [6.07, 6.45) is -3.17. The fourth-order valence-corrected chi connectivity index (χ4v) is 4.91. The molecule has 2 aliphatic heterocycles. The predicted octanol–water partition coefficient (Wildman–Crippen LogP) is 0.560. The molecule has 1 unspecified atom stereocenters. The Labute approximate surface area is 247 Å². The van der Waals surface area contributed by atoms with Crippen LogP contribution >= 0.6 is 0 Å². The zero-order valence-electron chi connectivity index (χ0n) is 23.3. The number of amides is 4. The first-order valence-electron chi connectivity index (χ1n) is 13.5. The lowest BCUT2D eigenvalue weighted by molar-refractivity contribution is -0.141. The lowest BCUT2D eigenvalue weighted by Gasteiger charge is -2.37. The Balaban J connectivity index is 1.75. The third kappa shape index (κ3) is 6.45. The first kappa shape index (κ1) is 32.6. The molecule has 2 heterocycles. The van der Waals surface area contributed by atoms with Crippen LogP contribution in [0.2, 0.25) is 0 Å². The molecular weight excluding hydrogens is 599 g/mol. The molecule has 6 N–H and O–H groups in total. The van der Waals surface area contributed by atoms with Gasteiger partial charge in [-0.25, -0.2) is 22.0 Å². The van der Waals surface area contributed by atoms with Crippen LogP contribution in [0.5, 0.6) is 5.75 Å². The molecule has 238 valence electrons. The Kier molecular flexibility index (Phi) is 9.73. The van der Waals surface area contributed by atoms with E-state index in [9.17, 15) is 51.3 Å². The van der Waals surface area contributed by atoms with E-state index < -0.39 is 113 Å². The summed E-state index contributed by atoms with van der Waals surface area (Å²) in [5.41, 5.74) is -1.63. The maximum Gasteiger partial charge on any atom is 0.255 e. The molecule has 4 rings (SSSR count). The number of aliphatic hydroxyl groups is 1. The van der Waals surface area contributed by atoms with Gasteiger partial charge in [0.2, 0.25) is 23.5 Å². The summed E-state index contributed by atoms with van der Waals surface area (Å²) in [5.74, 6) is -17.6. The first-order valence-corrected chi connectivity index (χ1v) is 13.5. The van der Waals surface area contributed by atoms with Crippen molar-refractivity contribution >= 4 is 23.6 Å². The van der Waals surface area contributed by atoms with Crippen molar-refractivity contribution in [2.75, 3.05) is 13.2 Å². The fourth-order valence-electron chi connectivity index (χ4n) is 4.91. The van der Waals surface area contributed by atoms with E-state index >= 15 is 0 Å². The van der Waals surface area contributed by atoms with Crippen LogP contribution in [-0.2, 0) is 25.5 Å². The van der Waals surface area contributed by atoms with E-state index in [4.69, 9.17) is 4.74 Å². The minimum absolute atomic E-state index is 0.0838. The van der Waals surface area contributed by atoms with Crippen LogP contribution in [0.15, 0.2) is 24.3 Å². The van der Waals surface area contributed by atoms with E-state index in [2.05, 4.69) is 21.3 Å². The molecular formula is C28H29F5N4O7. The number of carbonyl (C=O) groups is 4. The number of para-hydroxylation sites is 1. The number of nitrogens with one attached hydrogen (secondary N) is 4. The van der Waals surface area contributed by atoms with E-state index in [-0.39, 0.29) is 18.8 Å². The number of halogens is 5. The number of ether oxygens (including phenoxy) is 1. The van der Waals surface area contributed by atoms with Crippen LogP contribution in [0.4, 0.5) is 22.0 Å². The molecule has 6 atom stereocenters. The van der Waals surface area contributed by atoms with Crippen molar-refractivity contribution in [3.63, 3.8) is 0 Å². The van der Waals surface area contributed by atoms with Gasteiger partial charge in [-0.1, -0.05) is 19.1 Å². The Hall–Kier alpha value is -4.31. The summed E-state index contributed by atoms with van der Waals surface area (Å²) >= 11 is 0. The molecule has 2 aliphatic rings. The summed E-state index contributed by atoms with van der Waals surface area (Å²) in [6, 6.07) is -0.710. The molecule has 0 bridgehead atoms. The minimum atomic E-state index is -2.41. The van der Waals surface area contributed by atoms with Crippen LogP contribution < -0.4 is 21.3 Å². The average Bonchev–Trinajstić information content (AvgIpc) is 2.96. The Morgan fingerprint density at radius 3 is 2.05 bits per heavy atom. The zero-order valence-corrected chi connectivity index (χ0v) is 23.3. The van der Waals surface area contributed by atoms with Crippen molar-refractivity contribution in [1.82, 2.24) is 21.3 Å². The molecule has 0 spiro atoms. The molecule has 44 heavy (non-hydrogen) atoms. The molecule has 2 aromatic carbocycles. The Morgan fingerprint density at radius 1 is 0.886 bits per heavy atom. The van der Waals surface area contributed by atoms with Crippen LogP contribution in [0.1, 0.15) is 29.8 Å². The van der Waals surface area contributed by atoms with Gasteiger partial charge in [0.25, 0.3) is 5.91 Å². The molecule has 4 amide bonds. The lowest BCUT2D eigenvalue weighted by Crippen LogP contribution is -2.65. The number of phenolic OH excluding ortho intramolecular Hbond substituents is 1. The quantitative estimate of drug-likeness (QED) is 0.160. The van der Waals surface area contributed by atoms with Crippen molar-refractivity contribution in [1.29, 1.82) is 0 Å². The molecule has 0 aromatic heterocycles.